The van der Waals surface area contributed by atoms with Gasteiger partial charge in [0.2, 0.25) is 0 Å². The molecule has 3 aromatic rings. The van der Waals surface area contributed by atoms with Crippen molar-refractivity contribution in [2.75, 3.05) is 4.90 Å². The van der Waals surface area contributed by atoms with Gasteiger partial charge >= 0.3 is 0 Å². The van der Waals surface area contributed by atoms with E-state index in [0.717, 1.165) is 27.1 Å². The number of halogens is 3. The molecule has 0 aromatic heterocycles. The number of anilines is 1. The van der Waals surface area contributed by atoms with Gasteiger partial charge in [0.1, 0.15) is 17.5 Å². The average Bonchev–Trinajstić information content (AvgIpc) is 2.90. The van der Waals surface area contributed by atoms with Gasteiger partial charge in [-0.1, -0.05) is 43.1 Å². The Morgan fingerprint density at radius 2 is 1.80 bits per heavy atom. The molecule has 1 aliphatic carbocycles. The maximum atomic E-state index is 14.1. The lowest BCUT2D eigenvalue weighted by Gasteiger charge is -2.44. The Hall–Kier alpha value is -3.60. The summed E-state index contributed by atoms with van der Waals surface area (Å²) in [5, 5.41) is 10.4. The van der Waals surface area contributed by atoms with E-state index < -0.39 is 11.7 Å². The second-order valence-electron chi connectivity index (χ2n) is 11.5. The van der Waals surface area contributed by atoms with E-state index in [-0.39, 0.29) is 33.4 Å². The number of rotatable bonds is 5. The second kappa shape index (κ2) is 11.0. The van der Waals surface area contributed by atoms with Crippen LogP contribution in [0.25, 0.3) is 0 Å². The van der Waals surface area contributed by atoms with E-state index in [1.54, 1.807) is 34.9 Å². The smallest absolute Gasteiger partial charge is 0.162 e. The third kappa shape index (κ3) is 5.51. The third-order valence-electron chi connectivity index (χ3n) is 7.76. The molecule has 8 heteroatoms. The molecule has 0 radical (unpaired) electrons. The zero-order chi connectivity index (χ0) is 29.6. The standard InChI is InChI=1S/C33H30ClF2N3OS/c1-18-11-20(17-41-23-8-5-21(35)6-9-23)19(2)24(12-18)30-25(16-37)32(38)39(22-7-10-27(36)26(34)13-22)28-14-33(3,4)15-29(40)31(28)30/h5-13,30H,14-15,17,38H2,1-4H3. The van der Waals surface area contributed by atoms with Crippen LogP contribution >= 0.6 is 23.4 Å². The monoisotopic (exact) mass is 589 g/mol. The number of ketones is 1. The Morgan fingerprint density at radius 3 is 2.46 bits per heavy atom. The molecule has 0 saturated heterocycles. The Morgan fingerprint density at radius 1 is 1.10 bits per heavy atom. The Labute approximate surface area is 248 Å². The highest BCUT2D eigenvalue weighted by atomic mass is 35.5. The van der Waals surface area contributed by atoms with E-state index >= 15 is 0 Å². The molecule has 2 N–H and O–H groups in total. The van der Waals surface area contributed by atoms with Crippen LogP contribution in [-0.4, -0.2) is 5.78 Å². The summed E-state index contributed by atoms with van der Waals surface area (Å²) in [5.74, 6) is -0.692. The number of benzene rings is 3. The predicted molar refractivity (Wildman–Crippen MR) is 160 cm³/mol. The molecule has 2 aliphatic rings. The van der Waals surface area contributed by atoms with Crippen LogP contribution in [0, 0.1) is 42.2 Å². The van der Waals surface area contributed by atoms with E-state index in [9.17, 15) is 18.8 Å². The minimum atomic E-state index is -0.639. The van der Waals surface area contributed by atoms with E-state index in [4.69, 9.17) is 17.3 Å². The highest BCUT2D eigenvalue weighted by Crippen LogP contribution is 2.51. The molecule has 210 valence electrons. The second-order valence-corrected chi connectivity index (χ2v) is 12.9. The molecule has 1 unspecified atom stereocenters. The van der Waals surface area contributed by atoms with Crippen molar-refractivity contribution in [2.45, 2.75) is 57.1 Å². The molecule has 4 nitrogen and oxygen atoms in total. The van der Waals surface area contributed by atoms with Gasteiger partial charge in [-0.2, -0.15) is 5.26 Å². The number of thioether (sulfide) groups is 1. The largest absolute Gasteiger partial charge is 0.384 e. The van der Waals surface area contributed by atoms with Crippen molar-refractivity contribution < 1.29 is 13.6 Å². The molecule has 0 saturated carbocycles. The van der Waals surface area contributed by atoms with Gasteiger partial charge in [0, 0.05) is 34.0 Å². The van der Waals surface area contributed by atoms with Gasteiger partial charge in [-0.3, -0.25) is 9.69 Å². The maximum Gasteiger partial charge on any atom is 0.162 e. The first-order valence-corrected chi connectivity index (χ1v) is 14.7. The lowest BCUT2D eigenvalue weighted by molar-refractivity contribution is -0.118. The van der Waals surface area contributed by atoms with Crippen molar-refractivity contribution in [1.82, 2.24) is 0 Å². The van der Waals surface area contributed by atoms with Crippen LogP contribution < -0.4 is 10.6 Å². The van der Waals surface area contributed by atoms with Gasteiger partial charge in [-0.15, -0.1) is 11.8 Å². The molecule has 0 amide bonds. The molecule has 1 atom stereocenters. The molecule has 3 aromatic carbocycles. The van der Waals surface area contributed by atoms with Crippen LogP contribution in [0.2, 0.25) is 5.02 Å². The van der Waals surface area contributed by atoms with E-state index in [0.29, 0.717) is 35.6 Å². The van der Waals surface area contributed by atoms with Gasteiger partial charge in [0.05, 0.1) is 22.6 Å². The lowest BCUT2D eigenvalue weighted by atomic mass is 9.68. The number of nitrogens with zero attached hydrogens (tertiary/aromatic N) is 2. The summed E-state index contributed by atoms with van der Waals surface area (Å²) < 4.78 is 27.5. The van der Waals surface area contributed by atoms with Gasteiger partial charge in [0.25, 0.3) is 0 Å². The highest BCUT2D eigenvalue weighted by Gasteiger charge is 2.45. The number of hydrogen-bond acceptors (Lipinski definition) is 5. The summed E-state index contributed by atoms with van der Waals surface area (Å²) >= 11 is 7.74. The number of aryl methyl sites for hydroxylation is 1. The number of allylic oxidation sites excluding steroid dienone is 3. The Balaban J connectivity index is 1.67. The van der Waals surface area contributed by atoms with Crippen LogP contribution in [0.4, 0.5) is 14.5 Å². The van der Waals surface area contributed by atoms with Crippen LogP contribution in [-0.2, 0) is 10.5 Å². The summed E-state index contributed by atoms with van der Waals surface area (Å²) in [7, 11) is 0. The SMILES string of the molecule is Cc1cc(CSc2ccc(F)cc2)c(C)c(C2C(C#N)=C(N)N(c3ccc(F)c(Cl)c3)C3=C2C(=O)CC(C)(C)C3)c1. The number of carbonyl (C=O) groups is 1. The Bertz CT molecular complexity index is 1670. The van der Waals surface area contributed by atoms with Gasteiger partial charge in [-0.25, -0.2) is 8.78 Å². The number of carbonyl (C=O) groups excluding carboxylic acids is 1. The number of nitrogens with two attached hydrogens (primary N) is 1. The first-order chi connectivity index (χ1) is 19.4. The molecular formula is C33H30ClF2N3OS. The highest BCUT2D eigenvalue weighted by molar-refractivity contribution is 7.98. The van der Waals surface area contributed by atoms with Crippen LogP contribution in [0.5, 0.6) is 0 Å². The molecular weight excluding hydrogens is 560 g/mol. The normalized spacial score (nSPS) is 18.4. The minimum Gasteiger partial charge on any atom is -0.384 e. The molecule has 41 heavy (non-hydrogen) atoms. The van der Waals surface area contributed by atoms with Gasteiger partial charge in [-0.05, 0) is 84.8 Å². The van der Waals surface area contributed by atoms with E-state index in [1.165, 1.54) is 24.3 Å². The fourth-order valence-corrected chi connectivity index (χ4v) is 6.97. The number of Topliss-reactive ketones (excluding diaryl/α,β-unsaturated/α-hetero) is 1. The van der Waals surface area contributed by atoms with E-state index in [2.05, 4.69) is 12.1 Å². The van der Waals surface area contributed by atoms with Crippen molar-refractivity contribution in [2.24, 2.45) is 11.1 Å². The zero-order valence-electron chi connectivity index (χ0n) is 23.3. The first-order valence-electron chi connectivity index (χ1n) is 13.3. The van der Waals surface area contributed by atoms with Crippen molar-refractivity contribution >= 4 is 34.8 Å². The summed E-state index contributed by atoms with van der Waals surface area (Å²) in [6, 6.07) is 17.1. The fraction of sp³-hybridized carbons (Fsp3) is 0.273. The van der Waals surface area contributed by atoms with Crippen LogP contribution in [0.1, 0.15) is 54.9 Å². The molecule has 0 bridgehead atoms. The summed E-state index contributed by atoms with van der Waals surface area (Å²) in [6.07, 6.45) is 0.869. The summed E-state index contributed by atoms with van der Waals surface area (Å²) in [4.78, 5) is 16.6. The van der Waals surface area contributed by atoms with Crippen LogP contribution in [0.15, 0.2) is 82.2 Å². The molecule has 0 fully saturated rings. The maximum absolute atomic E-state index is 14.1. The van der Waals surface area contributed by atoms with Gasteiger partial charge in [0.15, 0.2) is 5.78 Å². The molecule has 1 aliphatic heterocycles. The minimum absolute atomic E-state index is 0.0390. The Kier molecular flexibility index (Phi) is 7.76. The van der Waals surface area contributed by atoms with E-state index in [1.807, 2.05) is 33.8 Å². The third-order valence-corrected chi connectivity index (χ3v) is 9.11. The summed E-state index contributed by atoms with van der Waals surface area (Å²) in [6.45, 7) is 8.05. The van der Waals surface area contributed by atoms with Gasteiger partial charge < -0.3 is 5.73 Å². The number of nitriles is 1. The van der Waals surface area contributed by atoms with Crippen molar-refractivity contribution in [3.8, 4) is 6.07 Å². The first kappa shape index (κ1) is 28.9. The molecule has 0 spiro atoms. The zero-order valence-corrected chi connectivity index (χ0v) is 24.9. The average molecular weight is 590 g/mol. The predicted octanol–water partition coefficient (Wildman–Crippen LogP) is 8.47. The van der Waals surface area contributed by atoms with Crippen molar-refractivity contribution in [3.63, 3.8) is 0 Å². The summed E-state index contributed by atoms with van der Waals surface area (Å²) in [5.41, 5.74) is 12.3. The molecule has 5 rings (SSSR count). The quantitative estimate of drug-likeness (QED) is 0.302. The van der Waals surface area contributed by atoms with Crippen molar-refractivity contribution in [3.05, 3.63) is 116 Å². The lowest BCUT2D eigenvalue weighted by Crippen LogP contribution is -2.42. The van der Waals surface area contributed by atoms with Crippen molar-refractivity contribution in [1.29, 1.82) is 5.26 Å². The number of hydrogen-bond donors (Lipinski definition) is 1. The van der Waals surface area contributed by atoms with Crippen LogP contribution in [0.3, 0.4) is 0 Å². The topological polar surface area (TPSA) is 70.1 Å². The fourth-order valence-electron chi connectivity index (χ4n) is 5.84. The molecule has 1 heterocycles.